The molecule has 114 valence electrons. The molecule has 0 radical (unpaired) electrons. The van der Waals surface area contributed by atoms with Gasteiger partial charge in [-0.15, -0.1) is 0 Å². The maximum atomic E-state index is 11.0. The van der Waals surface area contributed by atoms with Crippen molar-refractivity contribution in [3.8, 4) is 0 Å². The minimum atomic E-state index is -0.670. The van der Waals surface area contributed by atoms with E-state index in [4.69, 9.17) is 18.9 Å². The number of methoxy groups -OCH3 is 1. The van der Waals surface area contributed by atoms with Crippen LogP contribution >= 0.6 is 0 Å². The summed E-state index contributed by atoms with van der Waals surface area (Å²) in [6.07, 6.45) is -0.846. The monoisotopic (exact) mass is 278 g/mol. The molecule has 0 aliphatic carbocycles. The summed E-state index contributed by atoms with van der Waals surface area (Å²) in [6, 6.07) is 0. The van der Waals surface area contributed by atoms with Gasteiger partial charge in [0.15, 0.2) is 0 Å². The van der Waals surface area contributed by atoms with E-state index in [0.717, 1.165) is 0 Å². The Kier molecular flexibility index (Phi) is 10.5. The summed E-state index contributed by atoms with van der Waals surface area (Å²) < 4.78 is 25.6. The molecule has 0 spiro atoms. The van der Waals surface area contributed by atoms with Crippen molar-refractivity contribution in [2.24, 2.45) is 0 Å². The van der Waals surface area contributed by atoms with Gasteiger partial charge < -0.3 is 23.7 Å². The van der Waals surface area contributed by atoms with E-state index in [0.29, 0.717) is 19.8 Å². The van der Waals surface area contributed by atoms with Crippen LogP contribution in [0.2, 0.25) is 0 Å². The Bertz CT molecular complexity index is 233. The van der Waals surface area contributed by atoms with Crippen LogP contribution in [0.25, 0.3) is 0 Å². The molecule has 0 aliphatic rings. The van der Waals surface area contributed by atoms with Crippen LogP contribution in [0.1, 0.15) is 27.7 Å². The van der Waals surface area contributed by atoms with Gasteiger partial charge in [-0.1, -0.05) is 0 Å². The van der Waals surface area contributed by atoms with Crippen molar-refractivity contribution in [3.05, 3.63) is 0 Å². The van der Waals surface area contributed by atoms with Crippen LogP contribution < -0.4 is 0 Å². The Labute approximate surface area is 115 Å². The molecule has 0 heterocycles. The van der Waals surface area contributed by atoms with Gasteiger partial charge in [-0.2, -0.15) is 0 Å². The molecule has 0 aromatic carbocycles. The van der Waals surface area contributed by atoms with E-state index in [1.54, 1.807) is 14.0 Å². The highest BCUT2D eigenvalue weighted by molar-refractivity contribution is 5.59. The minimum Gasteiger partial charge on any atom is -0.435 e. The lowest BCUT2D eigenvalue weighted by Crippen LogP contribution is -2.27. The molecule has 0 saturated carbocycles. The second-order valence-corrected chi connectivity index (χ2v) is 4.33. The van der Waals surface area contributed by atoms with Gasteiger partial charge in [0.05, 0.1) is 38.1 Å². The third-order valence-electron chi connectivity index (χ3n) is 2.33. The van der Waals surface area contributed by atoms with E-state index in [-0.39, 0.29) is 24.9 Å². The summed E-state index contributed by atoms with van der Waals surface area (Å²) in [5, 5.41) is 0. The lowest BCUT2D eigenvalue weighted by atomic mass is 10.4. The Balaban J connectivity index is 3.60. The summed E-state index contributed by atoms with van der Waals surface area (Å²) in [5.41, 5.74) is 0. The summed E-state index contributed by atoms with van der Waals surface area (Å²) in [7, 11) is 1.64. The predicted octanol–water partition coefficient (Wildman–Crippen LogP) is 2.00. The first-order valence-corrected chi connectivity index (χ1v) is 6.55. The normalized spacial score (nSPS) is 15.6. The molecular formula is C13H26O6. The van der Waals surface area contributed by atoms with Crippen molar-refractivity contribution in [2.75, 3.05) is 33.5 Å². The molecule has 3 atom stereocenters. The van der Waals surface area contributed by atoms with Crippen LogP contribution in [0.5, 0.6) is 0 Å². The zero-order chi connectivity index (χ0) is 14.7. The maximum Gasteiger partial charge on any atom is 0.508 e. The van der Waals surface area contributed by atoms with Gasteiger partial charge in [-0.05, 0) is 27.7 Å². The number of hydrogen-bond donors (Lipinski definition) is 0. The van der Waals surface area contributed by atoms with Crippen LogP contribution in [0, 0.1) is 0 Å². The predicted molar refractivity (Wildman–Crippen MR) is 70.3 cm³/mol. The van der Waals surface area contributed by atoms with Gasteiger partial charge in [0.2, 0.25) is 0 Å². The van der Waals surface area contributed by atoms with Gasteiger partial charge >= 0.3 is 6.16 Å². The number of rotatable bonds is 10. The van der Waals surface area contributed by atoms with Crippen molar-refractivity contribution in [1.29, 1.82) is 0 Å². The van der Waals surface area contributed by atoms with E-state index in [9.17, 15) is 4.79 Å². The third-order valence-corrected chi connectivity index (χ3v) is 2.33. The van der Waals surface area contributed by atoms with Crippen molar-refractivity contribution in [2.45, 2.75) is 46.0 Å². The highest BCUT2D eigenvalue weighted by Crippen LogP contribution is 2.00. The molecule has 0 N–H and O–H groups in total. The number of hydrogen-bond acceptors (Lipinski definition) is 6. The van der Waals surface area contributed by atoms with E-state index in [1.165, 1.54) is 0 Å². The van der Waals surface area contributed by atoms with Gasteiger partial charge in [0, 0.05) is 7.11 Å². The molecule has 0 fully saturated rings. The maximum absolute atomic E-state index is 11.0. The molecule has 0 saturated heterocycles. The fraction of sp³-hybridized carbons (Fsp3) is 0.923. The zero-order valence-corrected chi connectivity index (χ0v) is 12.5. The number of ether oxygens (including phenoxy) is 5. The molecule has 0 aromatic rings. The topological polar surface area (TPSA) is 63.2 Å². The first-order chi connectivity index (χ1) is 8.99. The van der Waals surface area contributed by atoms with Crippen LogP contribution in [-0.4, -0.2) is 58.0 Å². The van der Waals surface area contributed by atoms with Crippen LogP contribution in [0.4, 0.5) is 4.79 Å². The second-order valence-electron chi connectivity index (χ2n) is 4.33. The highest BCUT2D eigenvalue weighted by atomic mass is 16.7. The summed E-state index contributed by atoms with van der Waals surface area (Å²) in [6.45, 7) is 8.82. The molecule has 6 nitrogen and oxygen atoms in total. The molecule has 0 rings (SSSR count). The molecule has 0 bridgehead atoms. The molecule has 6 heteroatoms. The quantitative estimate of drug-likeness (QED) is 0.570. The molecular weight excluding hydrogens is 252 g/mol. The fourth-order valence-corrected chi connectivity index (χ4v) is 1.11. The smallest absolute Gasteiger partial charge is 0.435 e. The van der Waals surface area contributed by atoms with Gasteiger partial charge in [0.1, 0.15) is 6.61 Å². The highest BCUT2D eigenvalue weighted by Gasteiger charge is 2.11. The van der Waals surface area contributed by atoms with Crippen LogP contribution in [0.3, 0.4) is 0 Å². The van der Waals surface area contributed by atoms with Crippen molar-refractivity contribution >= 4 is 6.16 Å². The Morgan fingerprint density at radius 3 is 1.95 bits per heavy atom. The molecule has 19 heavy (non-hydrogen) atoms. The van der Waals surface area contributed by atoms with Crippen LogP contribution in [0.15, 0.2) is 0 Å². The Morgan fingerprint density at radius 1 is 0.895 bits per heavy atom. The van der Waals surface area contributed by atoms with E-state index in [1.807, 2.05) is 20.8 Å². The lowest BCUT2D eigenvalue weighted by Gasteiger charge is -2.19. The summed E-state index contributed by atoms with van der Waals surface area (Å²) >= 11 is 0. The van der Waals surface area contributed by atoms with E-state index in [2.05, 4.69) is 4.74 Å². The standard InChI is InChI=1S/C13H26O6/c1-6-16-13(14)19-9-12(4)18-8-11(3)17-7-10(2)15-5/h10-12H,6-9H2,1-5H3. The largest absolute Gasteiger partial charge is 0.508 e. The third kappa shape index (κ3) is 10.7. The van der Waals surface area contributed by atoms with Gasteiger partial charge in [0.25, 0.3) is 0 Å². The van der Waals surface area contributed by atoms with Gasteiger partial charge in [-0.3, -0.25) is 0 Å². The van der Waals surface area contributed by atoms with Crippen LogP contribution in [-0.2, 0) is 23.7 Å². The molecule has 0 aromatic heterocycles. The molecule has 3 unspecified atom stereocenters. The lowest BCUT2D eigenvalue weighted by molar-refractivity contribution is -0.0719. The number of carbonyl (C=O) groups is 1. The molecule has 0 aliphatic heterocycles. The number of carbonyl (C=O) groups excluding carboxylic acids is 1. The molecule has 0 amide bonds. The minimum absolute atomic E-state index is 0.0392. The van der Waals surface area contributed by atoms with Crippen molar-refractivity contribution in [1.82, 2.24) is 0 Å². The summed E-state index contributed by atoms with van der Waals surface area (Å²) in [5.74, 6) is 0. The van der Waals surface area contributed by atoms with Crippen molar-refractivity contribution in [3.63, 3.8) is 0 Å². The Hall–Kier alpha value is -0.850. The van der Waals surface area contributed by atoms with E-state index < -0.39 is 6.16 Å². The van der Waals surface area contributed by atoms with E-state index >= 15 is 0 Å². The summed E-state index contributed by atoms with van der Waals surface area (Å²) in [4.78, 5) is 11.0. The Morgan fingerprint density at radius 2 is 1.42 bits per heavy atom. The SMILES string of the molecule is CCOC(=O)OCC(C)OCC(C)OCC(C)OC. The second kappa shape index (κ2) is 11.0. The zero-order valence-electron chi connectivity index (χ0n) is 12.5. The van der Waals surface area contributed by atoms with Crippen molar-refractivity contribution < 1.29 is 28.5 Å². The average molecular weight is 278 g/mol. The first kappa shape index (κ1) is 18.1. The van der Waals surface area contributed by atoms with Gasteiger partial charge in [-0.25, -0.2) is 4.79 Å². The average Bonchev–Trinajstić information content (AvgIpc) is 2.40. The fourth-order valence-electron chi connectivity index (χ4n) is 1.11. The first-order valence-electron chi connectivity index (χ1n) is 6.55.